The van der Waals surface area contributed by atoms with Gasteiger partial charge in [0.15, 0.2) is 0 Å². The van der Waals surface area contributed by atoms with Crippen LogP contribution in [0, 0.1) is 0 Å². The van der Waals surface area contributed by atoms with Gasteiger partial charge in [-0.25, -0.2) is 0 Å². The van der Waals surface area contributed by atoms with Gasteiger partial charge < -0.3 is 28.4 Å². The van der Waals surface area contributed by atoms with E-state index in [0.29, 0.717) is 131 Å². The van der Waals surface area contributed by atoms with E-state index in [0.717, 1.165) is 49.0 Å². The molecule has 532 valence electrons. The van der Waals surface area contributed by atoms with Crippen molar-refractivity contribution in [3.8, 4) is 0 Å². The number of esters is 6. The lowest BCUT2D eigenvalue weighted by molar-refractivity contribution is -0.158. The van der Waals surface area contributed by atoms with Crippen LogP contribution in [0.15, 0.2) is 36.4 Å². The Morgan fingerprint density at radius 1 is 0.255 bits per heavy atom. The summed E-state index contributed by atoms with van der Waals surface area (Å²) in [5.41, 5.74) is -0.00991. The highest BCUT2D eigenvalue weighted by atomic mass is 16.6. The Balaban J connectivity index is 1.25. The molecule has 0 N–H and O–H groups in total. The topological polar surface area (TPSA) is 216 Å². The van der Waals surface area contributed by atoms with Crippen molar-refractivity contribution < 1.29 is 57.2 Å². The molecule has 24 nitrogen and oxygen atoms in total. The van der Waals surface area contributed by atoms with Gasteiger partial charge in [-0.2, -0.15) is 0 Å². The maximum absolute atomic E-state index is 13.3. The number of rotatable bonds is 20. The van der Waals surface area contributed by atoms with E-state index in [1.54, 1.807) is 0 Å². The van der Waals surface area contributed by atoms with Gasteiger partial charge in [0.25, 0.3) is 0 Å². The summed E-state index contributed by atoms with van der Waals surface area (Å²) in [6, 6.07) is 12.5. The molecule has 0 radical (unpaired) electrons. The number of piperazine rings is 1. The quantitative estimate of drug-likeness (QED) is 0.122. The molecule has 24 heteroatoms. The molecule has 5 heterocycles. The summed E-state index contributed by atoms with van der Waals surface area (Å²) in [6.07, 6.45) is 0. The van der Waals surface area contributed by atoms with E-state index in [9.17, 15) is 28.8 Å². The number of pyridine rings is 2. The zero-order valence-corrected chi connectivity index (χ0v) is 60.9. The third-order valence-electron chi connectivity index (χ3n) is 15.2. The Labute approximate surface area is 563 Å². The SMILES string of the molecule is CC(C)(C)OC(=O)CN1CCN(CC(=O)OC(C)(C)C)CCN(Cc2cccc(CN3CCN(Cc4cccc(CN5CCN(CC(=O)OC(C)(C)C)CCN(CC(=O)OC(C)(C)C)CCN(CC(=O)OC(C)(C)C)CC5)n4)CC3)n2)CCN(CC(=O)OC(C)(C)C)CC1. The third kappa shape index (κ3) is 35.1. The number of hydrogen-bond donors (Lipinski definition) is 0. The van der Waals surface area contributed by atoms with Crippen molar-refractivity contribution in [2.75, 3.05) is 170 Å². The van der Waals surface area contributed by atoms with Crippen molar-refractivity contribution in [3.05, 3.63) is 59.2 Å². The van der Waals surface area contributed by atoms with Gasteiger partial charge >= 0.3 is 35.8 Å². The maximum atomic E-state index is 13.3. The van der Waals surface area contributed by atoms with Gasteiger partial charge in [0.2, 0.25) is 0 Å². The van der Waals surface area contributed by atoms with E-state index < -0.39 is 33.6 Å². The molecule has 0 bridgehead atoms. The lowest BCUT2D eigenvalue weighted by atomic mass is 10.2. The smallest absolute Gasteiger partial charge is 0.320 e. The number of carbonyl (C=O) groups is 6. The molecule has 0 aromatic carbocycles. The summed E-state index contributed by atoms with van der Waals surface area (Å²) >= 11 is 0. The zero-order chi connectivity index (χ0) is 69.7. The lowest BCUT2D eigenvalue weighted by Gasteiger charge is -2.35. The zero-order valence-electron chi connectivity index (χ0n) is 60.9. The Kier molecular flexibility index (Phi) is 30.7. The summed E-state index contributed by atoms with van der Waals surface area (Å²) in [6.45, 7) is 48.7. The van der Waals surface area contributed by atoms with Crippen molar-refractivity contribution in [2.45, 2.75) is 184 Å². The first-order chi connectivity index (χ1) is 43.6. The van der Waals surface area contributed by atoms with Crippen LogP contribution in [0.2, 0.25) is 0 Å². The molecule has 3 saturated heterocycles. The second-order valence-corrected chi connectivity index (χ2v) is 31.5. The van der Waals surface area contributed by atoms with Crippen LogP contribution < -0.4 is 0 Å². The maximum Gasteiger partial charge on any atom is 0.320 e. The second kappa shape index (κ2) is 36.3. The minimum Gasteiger partial charge on any atom is -0.459 e. The molecule has 2 aromatic rings. The van der Waals surface area contributed by atoms with Crippen LogP contribution in [-0.2, 0) is 83.4 Å². The fourth-order valence-electron chi connectivity index (χ4n) is 11.2. The van der Waals surface area contributed by atoms with Crippen molar-refractivity contribution >= 4 is 35.8 Å². The molecule has 3 aliphatic heterocycles. The van der Waals surface area contributed by atoms with Crippen molar-refractivity contribution in [2.24, 2.45) is 0 Å². The molecular weight excluding hydrogens is 1200 g/mol. The average molecular weight is 1320 g/mol. The molecule has 0 spiro atoms. The number of aromatic nitrogens is 2. The van der Waals surface area contributed by atoms with Crippen molar-refractivity contribution in [3.63, 3.8) is 0 Å². The average Bonchev–Trinajstić information content (AvgIpc) is 1.06. The van der Waals surface area contributed by atoms with Crippen LogP contribution in [-0.4, -0.2) is 299 Å². The molecule has 5 rings (SSSR count). The fourth-order valence-corrected chi connectivity index (χ4v) is 11.2. The Morgan fingerprint density at radius 2 is 0.383 bits per heavy atom. The van der Waals surface area contributed by atoms with Crippen LogP contribution >= 0.6 is 0 Å². The minimum absolute atomic E-state index is 0.0723. The van der Waals surface area contributed by atoms with Gasteiger partial charge in [0.1, 0.15) is 33.6 Å². The Morgan fingerprint density at radius 3 is 0.511 bits per heavy atom. The predicted molar refractivity (Wildman–Crippen MR) is 363 cm³/mol. The number of hydrogen-bond acceptors (Lipinski definition) is 24. The van der Waals surface area contributed by atoms with E-state index in [4.69, 9.17) is 38.4 Å². The molecular formula is C70H120N12O12. The van der Waals surface area contributed by atoms with E-state index in [2.05, 4.69) is 75.6 Å². The first kappa shape index (κ1) is 79.4. The molecule has 3 aliphatic rings. The molecule has 3 fully saturated rings. The van der Waals surface area contributed by atoms with Gasteiger partial charge in [-0.3, -0.25) is 87.7 Å². The number of ether oxygens (including phenoxy) is 6. The molecule has 94 heavy (non-hydrogen) atoms. The minimum atomic E-state index is -0.644. The van der Waals surface area contributed by atoms with E-state index in [1.807, 2.05) is 134 Å². The van der Waals surface area contributed by atoms with Crippen LogP contribution in [0.5, 0.6) is 0 Å². The molecule has 0 amide bonds. The van der Waals surface area contributed by atoms with Crippen LogP contribution in [0.3, 0.4) is 0 Å². The second-order valence-electron chi connectivity index (χ2n) is 31.5. The summed E-state index contributed by atoms with van der Waals surface area (Å²) in [7, 11) is 0. The molecule has 2 aromatic heterocycles. The van der Waals surface area contributed by atoms with Gasteiger partial charge in [-0.05, 0) is 149 Å². The van der Waals surface area contributed by atoms with E-state index in [1.165, 1.54) is 0 Å². The number of carbonyl (C=O) groups excluding carboxylic acids is 6. The van der Waals surface area contributed by atoms with E-state index in [-0.39, 0.29) is 75.1 Å². The highest BCUT2D eigenvalue weighted by molar-refractivity contribution is 5.74. The summed E-state index contributed by atoms with van der Waals surface area (Å²) in [5.74, 6) is -1.90. The highest BCUT2D eigenvalue weighted by Crippen LogP contribution is 2.18. The molecule has 0 atom stereocenters. The van der Waals surface area contributed by atoms with Crippen LogP contribution in [0.1, 0.15) is 147 Å². The fraction of sp³-hybridized carbons (Fsp3) is 0.771. The lowest BCUT2D eigenvalue weighted by Crippen LogP contribution is -2.49. The van der Waals surface area contributed by atoms with E-state index >= 15 is 0 Å². The third-order valence-corrected chi connectivity index (χ3v) is 15.2. The van der Waals surface area contributed by atoms with Gasteiger partial charge in [-0.15, -0.1) is 0 Å². The first-order valence-electron chi connectivity index (χ1n) is 34.1. The monoisotopic (exact) mass is 1320 g/mol. The van der Waals surface area contributed by atoms with Gasteiger partial charge in [0, 0.05) is 157 Å². The van der Waals surface area contributed by atoms with Crippen LogP contribution in [0.25, 0.3) is 0 Å². The van der Waals surface area contributed by atoms with Crippen LogP contribution in [0.4, 0.5) is 0 Å². The van der Waals surface area contributed by atoms with Gasteiger partial charge in [0.05, 0.1) is 62.0 Å². The normalized spacial score (nSPS) is 19.0. The highest BCUT2D eigenvalue weighted by Gasteiger charge is 2.30. The standard InChI is InChI=1S/C70H120N12O12/c1-65(2,3)89-59(83)49-77-33-29-75(30-34-78(50-60(84)90-66(4,5)6)38-42-81(41-37-77)53-63(87)93-69(13,14)15)47-57-23-19-21-55(71-57)45-73-25-27-74(28-26-73)46-56-22-20-24-58(72-56)48-76-31-35-79(51-61(85)91-67(7,8)9)39-43-82(54-64(88)94-70(16,17)18)44-40-80(36-32-76)52-62(86)92-68(10,11)12/h19-24H,25-54H2,1-18H3. The predicted octanol–water partition coefficient (Wildman–Crippen LogP) is 5.29. The van der Waals surface area contributed by atoms with Crippen molar-refractivity contribution in [1.29, 1.82) is 0 Å². The Bertz CT molecular complexity index is 2430. The molecule has 0 saturated carbocycles. The summed E-state index contributed by atoms with van der Waals surface area (Å²) in [4.78, 5) is 112. The molecule has 0 unspecified atom stereocenters. The molecule has 0 aliphatic carbocycles. The van der Waals surface area contributed by atoms with Crippen molar-refractivity contribution in [1.82, 2.24) is 59.0 Å². The van der Waals surface area contributed by atoms with Gasteiger partial charge in [-0.1, -0.05) is 12.1 Å². The summed E-state index contributed by atoms with van der Waals surface area (Å²) in [5, 5.41) is 0. The Hall–Kier alpha value is -5.28. The largest absolute Gasteiger partial charge is 0.459 e. The number of nitrogens with zero attached hydrogens (tertiary/aromatic N) is 12. The summed E-state index contributed by atoms with van der Waals surface area (Å²) < 4.78 is 34.6. The first-order valence-corrected chi connectivity index (χ1v) is 34.1.